The number of halogens is 1. The minimum atomic E-state index is -4.45. The van der Waals surface area contributed by atoms with Crippen LogP contribution in [0.5, 0.6) is 0 Å². The molecule has 5 heteroatoms. The average molecular weight is 311 g/mol. The normalized spacial score (nSPS) is 12.3. The molecule has 0 aromatic heterocycles. The molecule has 2 aromatic carbocycles. The molecule has 0 fully saturated rings. The first-order chi connectivity index (χ1) is 9.41. The molecule has 0 spiro atoms. The minimum Gasteiger partial charge on any atom is -0.323 e. The Hall–Kier alpha value is -1.12. The van der Waals surface area contributed by atoms with Crippen LogP contribution in [-0.4, -0.2) is 14.4 Å². The highest BCUT2D eigenvalue weighted by atomic mass is 35.5. The fourth-order valence-electron chi connectivity index (χ4n) is 2.09. The molecular formula is C15H16ClO3P. The topological polar surface area (TPSA) is 57.5 Å². The zero-order chi connectivity index (χ0) is 14.6. The second-order valence-corrected chi connectivity index (χ2v) is 7.72. The predicted molar refractivity (Wildman–Crippen MR) is 80.9 cm³/mol. The number of hydrogen-bond acceptors (Lipinski definition) is 1. The van der Waals surface area contributed by atoms with Crippen molar-refractivity contribution in [2.75, 3.05) is 0 Å². The monoisotopic (exact) mass is 310 g/mol. The molecule has 3 nitrogen and oxygen atoms in total. The summed E-state index contributed by atoms with van der Waals surface area (Å²) in [6.45, 7) is 0. The zero-order valence-electron chi connectivity index (χ0n) is 10.8. The van der Waals surface area contributed by atoms with E-state index in [2.05, 4.69) is 0 Å². The molecule has 2 N–H and O–H groups in total. The number of benzene rings is 2. The van der Waals surface area contributed by atoms with Gasteiger partial charge >= 0.3 is 7.60 Å². The Morgan fingerprint density at radius 2 is 1.20 bits per heavy atom. The lowest BCUT2D eigenvalue weighted by molar-refractivity contribution is 0.347. The third-order valence-electron chi connectivity index (χ3n) is 3.16. The van der Waals surface area contributed by atoms with Crippen LogP contribution in [0, 0.1) is 0 Å². The molecule has 0 amide bonds. The molecule has 0 aliphatic carbocycles. The molecule has 0 atom stereocenters. The van der Waals surface area contributed by atoms with Crippen molar-refractivity contribution in [2.24, 2.45) is 0 Å². The quantitative estimate of drug-likeness (QED) is 0.655. The van der Waals surface area contributed by atoms with Gasteiger partial charge in [-0.25, -0.2) is 0 Å². The van der Waals surface area contributed by atoms with Gasteiger partial charge in [-0.1, -0.05) is 60.7 Å². The molecule has 0 bridgehead atoms. The van der Waals surface area contributed by atoms with E-state index < -0.39 is 12.2 Å². The minimum absolute atomic E-state index is 0.120. The van der Waals surface area contributed by atoms with Crippen molar-refractivity contribution >= 4 is 19.2 Å². The van der Waals surface area contributed by atoms with Crippen LogP contribution in [0.3, 0.4) is 0 Å². The van der Waals surface area contributed by atoms with E-state index in [0.717, 1.165) is 11.1 Å². The molecule has 0 saturated heterocycles. The first-order valence-corrected chi connectivity index (χ1v) is 8.22. The van der Waals surface area contributed by atoms with Crippen LogP contribution in [0.15, 0.2) is 60.7 Å². The van der Waals surface area contributed by atoms with E-state index in [4.69, 9.17) is 11.6 Å². The first-order valence-electron chi connectivity index (χ1n) is 6.23. The molecule has 0 aliphatic heterocycles. The van der Waals surface area contributed by atoms with E-state index in [0.29, 0.717) is 0 Å². The van der Waals surface area contributed by atoms with Crippen LogP contribution in [0.25, 0.3) is 0 Å². The van der Waals surface area contributed by atoms with Gasteiger partial charge in [0.25, 0.3) is 0 Å². The van der Waals surface area contributed by atoms with Gasteiger partial charge in [0.1, 0.15) is 0 Å². The largest absolute Gasteiger partial charge is 0.346 e. The second-order valence-electron chi connectivity index (χ2n) is 4.79. The van der Waals surface area contributed by atoms with Crippen LogP contribution in [0.1, 0.15) is 11.1 Å². The summed E-state index contributed by atoms with van der Waals surface area (Å²) in [7, 11) is -4.45. The highest BCUT2D eigenvalue weighted by molar-refractivity contribution is 7.55. The third kappa shape index (κ3) is 3.71. The zero-order valence-corrected chi connectivity index (χ0v) is 12.5. The van der Waals surface area contributed by atoms with Crippen molar-refractivity contribution in [3.8, 4) is 0 Å². The summed E-state index contributed by atoms with van der Waals surface area (Å²) in [6.07, 6.45) is 0.239. The van der Waals surface area contributed by atoms with Crippen molar-refractivity contribution in [3.05, 3.63) is 71.8 Å². The molecule has 2 aromatic rings. The maximum absolute atomic E-state index is 11.8. The van der Waals surface area contributed by atoms with Crippen molar-refractivity contribution < 1.29 is 14.4 Å². The van der Waals surface area contributed by atoms with Crippen LogP contribution < -0.4 is 0 Å². The van der Waals surface area contributed by atoms with Gasteiger partial charge in [0.2, 0.25) is 0 Å². The number of alkyl halides is 1. The fourth-order valence-corrected chi connectivity index (χ4v) is 3.17. The average Bonchev–Trinajstić information content (AvgIpc) is 2.39. The van der Waals surface area contributed by atoms with Crippen LogP contribution in [0.2, 0.25) is 0 Å². The Morgan fingerprint density at radius 1 is 0.850 bits per heavy atom. The van der Waals surface area contributed by atoms with Gasteiger partial charge in [-0.3, -0.25) is 4.57 Å². The standard InChI is InChI=1S/C15H16ClO3P/c16-15(20(17,18)19,11-13-7-3-1-4-8-13)12-14-9-5-2-6-10-14/h1-10H,11-12H2,(H2,17,18,19). The van der Waals surface area contributed by atoms with Gasteiger partial charge in [-0.05, 0) is 11.1 Å². The lowest BCUT2D eigenvalue weighted by Crippen LogP contribution is -2.27. The van der Waals surface area contributed by atoms with Gasteiger partial charge in [0, 0.05) is 12.8 Å². The van der Waals surface area contributed by atoms with Crippen molar-refractivity contribution in [3.63, 3.8) is 0 Å². The highest BCUT2D eigenvalue weighted by Crippen LogP contribution is 2.56. The number of rotatable bonds is 5. The molecule has 20 heavy (non-hydrogen) atoms. The van der Waals surface area contributed by atoms with Gasteiger partial charge < -0.3 is 9.79 Å². The molecule has 0 saturated carbocycles. The fraction of sp³-hybridized carbons (Fsp3) is 0.200. The molecule has 0 radical (unpaired) electrons. The summed E-state index contributed by atoms with van der Waals surface area (Å²) < 4.78 is 10.2. The lowest BCUT2D eigenvalue weighted by atomic mass is 10.0. The lowest BCUT2D eigenvalue weighted by Gasteiger charge is -2.28. The van der Waals surface area contributed by atoms with Gasteiger partial charge in [0.15, 0.2) is 4.62 Å². The maximum atomic E-state index is 11.8. The number of hydrogen-bond donors (Lipinski definition) is 2. The Labute approximate surface area is 123 Å². The summed E-state index contributed by atoms with van der Waals surface area (Å²) in [4.78, 5) is 19.3. The van der Waals surface area contributed by atoms with E-state index in [9.17, 15) is 14.4 Å². The Bertz CT molecular complexity index is 554. The van der Waals surface area contributed by atoms with Gasteiger partial charge in [-0.2, -0.15) is 0 Å². The molecule has 0 heterocycles. The smallest absolute Gasteiger partial charge is 0.323 e. The highest BCUT2D eigenvalue weighted by Gasteiger charge is 2.45. The van der Waals surface area contributed by atoms with Crippen LogP contribution >= 0.6 is 19.2 Å². The molecule has 0 unspecified atom stereocenters. The van der Waals surface area contributed by atoms with E-state index >= 15 is 0 Å². The summed E-state index contributed by atoms with van der Waals surface area (Å²) in [5, 5.41) is 0. The summed E-state index contributed by atoms with van der Waals surface area (Å²) >= 11 is 6.32. The summed E-state index contributed by atoms with van der Waals surface area (Å²) in [6, 6.07) is 18.3. The predicted octanol–water partition coefficient (Wildman–Crippen LogP) is 3.58. The Balaban J connectivity index is 2.29. The first kappa shape index (κ1) is 15.3. The molecule has 2 rings (SSSR count). The molecule has 106 valence electrons. The summed E-state index contributed by atoms with van der Waals surface area (Å²) in [5.74, 6) is 0. The van der Waals surface area contributed by atoms with Crippen molar-refractivity contribution in [1.29, 1.82) is 0 Å². The van der Waals surface area contributed by atoms with Gasteiger partial charge in [-0.15, -0.1) is 11.6 Å². The van der Waals surface area contributed by atoms with E-state index in [1.54, 1.807) is 0 Å². The molecular weight excluding hydrogens is 295 g/mol. The van der Waals surface area contributed by atoms with E-state index in [1.807, 2.05) is 60.7 Å². The van der Waals surface area contributed by atoms with Crippen molar-refractivity contribution in [1.82, 2.24) is 0 Å². The van der Waals surface area contributed by atoms with Gasteiger partial charge in [0.05, 0.1) is 0 Å². The maximum Gasteiger partial charge on any atom is 0.346 e. The van der Waals surface area contributed by atoms with E-state index in [1.165, 1.54) is 0 Å². The second kappa shape index (κ2) is 6.11. The Kier molecular flexibility index (Phi) is 4.66. The summed E-state index contributed by atoms with van der Waals surface area (Å²) in [5.41, 5.74) is 1.61. The molecule has 0 aliphatic rings. The van der Waals surface area contributed by atoms with Crippen LogP contribution in [0.4, 0.5) is 0 Å². The SMILES string of the molecule is O=P(O)(O)C(Cl)(Cc1ccccc1)Cc1ccccc1. The Morgan fingerprint density at radius 3 is 1.50 bits per heavy atom. The van der Waals surface area contributed by atoms with Crippen LogP contribution in [-0.2, 0) is 17.4 Å². The van der Waals surface area contributed by atoms with E-state index in [-0.39, 0.29) is 12.8 Å². The third-order valence-corrected chi connectivity index (χ3v) is 5.45. The van der Waals surface area contributed by atoms with Crippen molar-refractivity contribution in [2.45, 2.75) is 17.5 Å².